The van der Waals surface area contributed by atoms with Gasteiger partial charge in [-0.05, 0) is 30.7 Å². The Morgan fingerprint density at radius 1 is 1.12 bits per heavy atom. The minimum Gasteiger partial charge on any atom is -0.384 e. The smallest absolute Gasteiger partial charge is 0.243 e. The Morgan fingerprint density at radius 2 is 1.79 bits per heavy atom. The zero-order chi connectivity index (χ0) is 24.0. The van der Waals surface area contributed by atoms with Crippen molar-refractivity contribution < 1.29 is 14.4 Å². The van der Waals surface area contributed by atoms with E-state index in [1.165, 1.54) is 11.3 Å². The van der Waals surface area contributed by atoms with Crippen LogP contribution in [0.1, 0.15) is 49.7 Å². The molecule has 1 aliphatic heterocycles. The molecule has 2 aliphatic rings. The third-order valence-corrected chi connectivity index (χ3v) is 6.70. The summed E-state index contributed by atoms with van der Waals surface area (Å²) in [6.07, 6.45) is 5.90. The van der Waals surface area contributed by atoms with E-state index in [0.29, 0.717) is 25.1 Å². The number of hydrogen-bond donors (Lipinski definition) is 4. The largest absolute Gasteiger partial charge is 0.384 e. The normalized spacial score (nSPS) is 19.3. The second-order valence-corrected chi connectivity index (χ2v) is 9.21. The van der Waals surface area contributed by atoms with E-state index in [9.17, 15) is 14.4 Å². The number of carbonyl (C=O) groups is 3. The summed E-state index contributed by atoms with van der Waals surface area (Å²) in [5.74, 6) is -0.132. The lowest BCUT2D eigenvalue weighted by Crippen LogP contribution is -2.63. The third kappa shape index (κ3) is 6.31. The number of nitrogen functional groups attached to an aromatic ring is 1. The zero-order valence-corrected chi connectivity index (χ0v) is 19.6. The monoisotopic (exact) mass is 456 g/mol. The van der Waals surface area contributed by atoms with Crippen molar-refractivity contribution >= 4 is 23.6 Å². The lowest BCUT2D eigenvalue weighted by atomic mass is 9.82. The predicted molar refractivity (Wildman–Crippen MR) is 126 cm³/mol. The second-order valence-electron chi connectivity index (χ2n) is 9.21. The van der Waals surface area contributed by atoms with Crippen LogP contribution in [0.4, 0.5) is 0 Å². The fourth-order valence-electron chi connectivity index (χ4n) is 4.49. The Morgan fingerprint density at radius 3 is 2.33 bits per heavy atom. The average Bonchev–Trinajstić information content (AvgIpc) is 2.77. The molecule has 1 heterocycles. The van der Waals surface area contributed by atoms with Crippen LogP contribution in [0.25, 0.3) is 0 Å². The van der Waals surface area contributed by atoms with Gasteiger partial charge in [-0.3, -0.25) is 25.1 Å². The topological polar surface area (TPSA) is 132 Å². The number of rotatable bonds is 9. The van der Waals surface area contributed by atoms with E-state index in [0.717, 1.165) is 31.2 Å². The molecule has 1 aromatic rings. The molecule has 2 atom stereocenters. The van der Waals surface area contributed by atoms with Crippen LogP contribution in [0.5, 0.6) is 0 Å². The highest BCUT2D eigenvalue weighted by Crippen LogP contribution is 2.29. The summed E-state index contributed by atoms with van der Waals surface area (Å²) in [7, 11) is 3.40. The predicted octanol–water partition coefficient (Wildman–Crippen LogP) is 0.814. The lowest BCUT2D eigenvalue weighted by Gasteiger charge is -2.43. The highest BCUT2D eigenvalue weighted by molar-refractivity contribution is 5.95. The van der Waals surface area contributed by atoms with Crippen molar-refractivity contribution in [3.8, 4) is 0 Å². The first-order valence-electron chi connectivity index (χ1n) is 11.7. The lowest BCUT2D eigenvalue weighted by molar-refractivity contribution is -0.150. The van der Waals surface area contributed by atoms with Crippen LogP contribution < -0.4 is 16.4 Å². The Bertz CT molecular complexity index is 863. The Hall–Kier alpha value is -2.94. The SMILES string of the molecule is CN(C)C(=O)CN[C@@H](C(=O)N1CC[C@H]1C(=O)NCc1ccc(C(=N)N)cc1)C1CCCCC1. The van der Waals surface area contributed by atoms with Gasteiger partial charge >= 0.3 is 0 Å². The first-order valence-corrected chi connectivity index (χ1v) is 11.7. The number of hydrogen-bond acceptors (Lipinski definition) is 5. The van der Waals surface area contributed by atoms with Crippen molar-refractivity contribution in [1.82, 2.24) is 20.4 Å². The molecule has 9 heteroatoms. The van der Waals surface area contributed by atoms with Crippen LogP contribution in [-0.4, -0.2) is 72.6 Å². The number of amidine groups is 1. The quantitative estimate of drug-likeness (QED) is 0.323. The Balaban J connectivity index is 1.59. The highest BCUT2D eigenvalue weighted by atomic mass is 16.2. The second kappa shape index (κ2) is 11.3. The van der Waals surface area contributed by atoms with Crippen LogP contribution in [0.2, 0.25) is 0 Å². The van der Waals surface area contributed by atoms with Crippen LogP contribution in [0.3, 0.4) is 0 Å². The van der Waals surface area contributed by atoms with Crippen molar-refractivity contribution in [2.24, 2.45) is 11.7 Å². The van der Waals surface area contributed by atoms with Gasteiger partial charge < -0.3 is 20.9 Å². The van der Waals surface area contributed by atoms with Gasteiger partial charge in [-0.2, -0.15) is 0 Å². The Kier molecular flexibility index (Phi) is 8.43. The molecule has 0 bridgehead atoms. The molecular weight excluding hydrogens is 420 g/mol. The molecule has 1 aromatic carbocycles. The van der Waals surface area contributed by atoms with Gasteiger partial charge in [-0.15, -0.1) is 0 Å². The molecule has 0 aromatic heterocycles. The number of carbonyl (C=O) groups excluding carboxylic acids is 3. The van der Waals surface area contributed by atoms with Crippen molar-refractivity contribution in [1.29, 1.82) is 5.41 Å². The summed E-state index contributed by atoms with van der Waals surface area (Å²) in [4.78, 5) is 41.5. The summed E-state index contributed by atoms with van der Waals surface area (Å²) in [5, 5.41) is 13.6. The number of amides is 3. The van der Waals surface area contributed by atoms with Gasteiger partial charge in [-0.1, -0.05) is 43.5 Å². The Labute approximate surface area is 195 Å². The van der Waals surface area contributed by atoms with E-state index in [1.807, 2.05) is 12.1 Å². The van der Waals surface area contributed by atoms with Gasteiger partial charge in [-0.25, -0.2) is 0 Å². The summed E-state index contributed by atoms with van der Waals surface area (Å²) in [6, 6.07) is 6.23. The fourth-order valence-corrected chi connectivity index (χ4v) is 4.49. The first-order chi connectivity index (χ1) is 15.8. The molecule has 2 fully saturated rings. The molecule has 3 amide bonds. The summed E-state index contributed by atoms with van der Waals surface area (Å²) in [6.45, 7) is 1.01. The number of benzene rings is 1. The van der Waals surface area contributed by atoms with Gasteiger partial charge in [0.1, 0.15) is 11.9 Å². The standard InChI is InChI=1S/C24H36N6O3/c1-29(2)20(31)15-27-21(17-6-4-3-5-7-17)24(33)30-13-12-19(30)23(32)28-14-16-8-10-18(11-9-16)22(25)26/h8-11,17,19,21,27H,3-7,12-15H2,1-2H3,(H3,25,26)(H,28,32)/t19-,21+/m0/s1. The molecule has 5 N–H and O–H groups in total. The van der Waals surface area contributed by atoms with E-state index in [2.05, 4.69) is 10.6 Å². The maximum absolute atomic E-state index is 13.4. The molecule has 1 aliphatic carbocycles. The molecular formula is C24H36N6O3. The summed E-state index contributed by atoms with van der Waals surface area (Å²) < 4.78 is 0. The molecule has 3 rings (SSSR count). The minimum absolute atomic E-state index is 0.00242. The molecule has 0 unspecified atom stereocenters. The molecule has 1 saturated carbocycles. The molecule has 180 valence electrons. The van der Waals surface area contributed by atoms with E-state index in [1.54, 1.807) is 31.1 Å². The van der Waals surface area contributed by atoms with Crippen molar-refractivity contribution in [2.75, 3.05) is 27.2 Å². The van der Waals surface area contributed by atoms with E-state index in [4.69, 9.17) is 11.1 Å². The number of nitrogens with two attached hydrogens (primary N) is 1. The maximum Gasteiger partial charge on any atom is 0.243 e. The molecule has 9 nitrogen and oxygen atoms in total. The van der Waals surface area contributed by atoms with Gasteiger partial charge in [0, 0.05) is 32.7 Å². The molecule has 1 saturated heterocycles. The molecule has 0 radical (unpaired) electrons. The van der Waals surface area contributed by atoms with Crippen LogP contribution >= 0.6 is 0 Å². The number of likely N-dealkylation sites (N-methyl/N-ethyl adjacent to an activating group) is 1. The van der Waals surface area contributed by atoms with Crippen molar-refractivity contribution in [3.63, 3.8) is 0 Å². The van der Waals surface area contributed by atoms with Gasteiger partial charge in [0.2, 0.25) is 17.7 Å². The maximum atomic E-state index is 13.4. The van der Waals surface area contributed by atoms with Gasteiger partial charge in [0.05, 0.1) is 12.6 Å². The van der Waals surface area contributed by atoms with E-state index < -0.39 is 12.1 Å². The molecule has 0 spiro atoms. The number of nitrogens with zero attached hydrogens (tertiary/aromatic N) is 2. The van der Waals surface area contributed by atoms with Crippen LogP contribution in [-0.2, 0) is 20.9 Å². The van der Waals surface area contributed by atoms with Gasteiger partial charge in [0.15, 0.2) is 0 Å². The van der Waals surface area contributed by atoms with Crippen molar-refractivity contribution in [3.05, 3.63) is 35.4 Å². The van der Waals surface area contributed by atoms with E-state index in [-0.39, 0.29) is 36.0 Å². The molecule has 33 heavy (non-hydrogen) atoms. The first kappa shape index (κ1) is 24.7. The van der Waals surface area contributed by atoms with Crippen LogP contribution in [0.15, 0.2) is 24.3 Å². The number of nitrogens with one attached hydrogen (secondary N) is 3. The zero-order valence-electron chi connectivity index (χ0n) is 19.6. The fraction of sp³-hybridized carbons (Fsp3) is 0.583. The number of likely N-dealkylation sites (tertiary alicyclic amines) is 1. The minimum atomic E-state index is -0.480. The van der Waals surface area contributed by atoms with Gasteiger partial charge in [0.25, 0.3) is 0 Å². The summed E-state index contributed by atoms with van der Waals surface area (Å²) in [5.41, 5.74) is 7.01. The van der Waals surface area contributed by atoms with E-state index >= 15 is 0 Å². The average molecular weight is 457 g/mol. The highest BCUT2D eigenvalue weighted by Gasteiger charge is 2.42. The summed E-state index contributed by atoms with van der Waals surface area (Å²) >= 11 is 0. The van der Waals surface area contributed by atoms with Crippen molar-refractivity contribution in [2.45, 2.75) is 57.2 Å². The van der Waals surface area contributed by atoms with Crippen LogP contribution in [0, 0.1) is 11.3 Å². The third-order valence-electron chi connectivity index (χ3n) is 6.70.